The average Bonchev–Trinajstić information content (AvgIpc) is 2.40. The molecule has 0 atom stereocenters. The maximum atomic E-state index is 11.5. The number of aromatic carboxylic acids is 1. The minimum atomic E-state index is -1.27. The highest BCUT2D eigenvalue weighted by Crippen LogP contribution is 2.21. The first-order valence-electron chi connectivity index (χ1n) is 5.67. The van der Waals surface area contributed by atoms with Crippen LogP contribution in [-0.4, -0.2) is 40.3 Å². The molecule has 4 N–H and O–H groups in total. The van der Waals surface area contributed by atoms with Crippen LogP contribution in [0.25, 0.3) is 0 Å². The number of nitrogens with one attached hydrogen (secondary N) is 2. The number of rotatable bonds is 6. The highest BCUT2D eigenvalue weighted by molar-refractivity contribution is 7.99. The van der Waals surface area contributed by atoms with Crippen LogP contribution in [0.4, 0.5) is 10.5 Å². The molecule has 0 saturated heterocycles. The molecule has 0 saturated carbocycles. The van der Waals surface area contributed by atoms with Crippen LogP contribution in [0.5, 0.6) is 5.75 Å². The number of anilines is 1. The lowest BCUT2D eigenvalue weighted by Crippen LogP contribution is -2.30. The fraction of sp³-hybridized carbons (Fsp3) is 0.231. The van der Waals surface area contributed by atoms with Crippen molar-refractivity contribution in [1.82, 2.24) is 5.32 Å². The second kappa shape index (κ2) is 7.96. The van der Waals surface area contributed by atoms with E-state index in [4.69, 9.17) is 11.5 Å². The van der Waals surface area contributed by atoms with E-state index >= 15 is 0 Å². The molecule has 106 valence electrons. The molecule has 0 spiro atoms. The minimum absolute atomic E-state index is 0.271. The normalized spacial score (nSPS) is 9.55. The number of amides is 2. The SMILES string of the molecule is C#CCSCCNC(=O)Nc1ccc(O)c(C(=O)O)c1. The van der Waals surface area contributed by atoms with Gasteiger partial charge in [-0.15, -0.1) is 18.2 Å². The Bertz CT molecular complexity index is 540. The van der Waals surface area contributed by atoms with Gasteiger partial charge >= 0.3 is 12.0 Å². The van der Waals surface area contributed by atoms with Crippen molar-refractivity contribution in [2.75, 3.05) is 23.4 Å². The second-order valence-electron chi connectivity index (χ2n) is 3.67. The number of benzene rings is 1. The van der Waals surface area contributed by atoms with Crippen LogP contribution in [0.15, 0.2) is 18.2 Å². The second-order valence-corrected chi connectivity index (χ2v) is 4.78. The summed E-state index contributed by atoms with van der Waals surface area (Å²) in [4.78, 5) is 22.4. The number of carboxylic acid groups (broad SMARTS) is 1. The molecule has 1 aromatic rings. The molecule has 0 aliphatic heterocycles. The van der Waals surface area contributed by atoms with Crippen LogP contribution in [-0.2, 0) is 0 Å². The summed E-state index contributed by atoms with van der Waals surface area (Å²) in [6.45, 7) is 0.446. The Hall–Kier alpha value is -2.33. The number of carboxylic acids is 1. The summed E-state index contributed by atoms with van der Waals surface area (Å²) in [7, 11) is 0. The predicted octanol–water partition coefficient (Wildman–Crippen LogP) is 1.58. The molecule has 1 aromatic carbocycles. The summed E-state index contributed by atoms with van der Waals surface area (Å²) in [6.07, 6.45) is 5.08. The number of thioether (sulfide) groups is 1. The van der Waals surface area contributed by atoms with Crippen molar-refractivity contribution >= 4 is 29.4 Å². The van der Waals surface area contributed by atoms with Gasteiger partial charge in [-0.25, -0.2) is 9.59 Å². The molecule has 7 heteroatoms. The molecule has 0 aliphatic carbocycles. The van der Waals surface area contributed by atoms with Crippen molar-refractivity contribution in [2.24, 2.45) is 0 Å². The third-order valence-corrected chi connectivity index (χ3v) is 3.07. The van der Waals surface area contributed by atoms with Crippen molar-refractivity contribution in [3.63, 3.8) is 0 Å². The fourth-order valence-electron chi connectivity index (χ4n) is 1.33. The first-order chi connectivity index (χ1) is 9.54. The Labute approximate surface area is 120 Å². The van der Waals surface area contributed by atoms with Crippen molar-refractivity contribution in [3.8, 4) is 18.1 Å². The summed E-state index contributed by atoms with van der Waals surface area (Å²) in [6, 6.07) is 3.36. The van der Waals surface area contributed by atoms with Gasteiger partial charge in [0, 0.05) is 18.0 Å². The quantitative estimate of drug-likeness (QED) is 0.363. The minimum Gasteiger partial charge on any atom is -0.507 e. The zero-order valence-corrected chi connectivity index (χ0v) is 11.4. The number of hydrogen-bond acceptors (Lipinski definition) is 4. The topological polar surface area (TPSA) is 98.7 Å². The number of phenols is 1. The molecule has 0 fully saturated rings. The van der Waals surface area contributed by atoms with E-state index < -0.39 is 12.0 Å². The lowest BCUT2D eigenvalue weighted by Gasteiger charge is -2.08. The number of terminal acetylenes is 1. The Balaban J connectivity index is 2.48. The van der Waals surface area contributed by atoms with E-state index in [-0.39, 0.29) is 17.0 Å². The van der Waals surface area contributed by atoms with Gasteiger partial charge in [0.2, 0.25) is 0 Å². The smallest absolute Gasteiger partial charge is 0.339 e. The summed E-state index contributed by atoms with van der Waals surface area (Å²) in [5.74, 6) is 2.13. The lowest BCUT2D eigenvalue weighted by atomic mass is 10.2. The third-order valence-electron chi connectivity index (χ3n) is 2.20. The molecule has 0 aromatic heterocycles. The highest BCUT2D eigenvalue weighted by Gasteiger charge is 2.11. The molecule has 0 aliphatic rings. The van der Waals surface area contributed by atoms with Crippen LogP contribution in [0.1, 0.15) is 10.4 Å². The van der Waals surface area contributed by atoms with E-state index in [1.54, 1.807) is 0 Å². The Kier molecular flexibility index (Phi) is 6.26. The van der Waals surface area contributed by atoms with E-state index in [9.17, 15) is 14.7 Å². The van der Waals surface area contributed by atoms with E-state index in [2.05, 4.69) is 16.6 Å². The Morgan fingerprint density at radius 2 is 2.15 bits per heavy atom. The maximum absolute atomic E-state index is 11.5. The first-order valence-corrected chi connectivity index (χ1v) is 6.82. The van der Waals surface area contributed by atoms with Gasteiger partial charge in [-0.1, -0.05) is 5.92 Å². The van der Waals surface area contributed by atoms with E-state index in [1.165, 1.54) is 30.0 Å². The predicted molar refractivity (Wildman–Crippen MR) is 78.2 cm³/mol. The van der Waals surface area contributed by atoms with E-state index in [0.29, 0.717) is 18.1 Å². The van der Waals surface area contributed by atoms with Gasteiger partial charge in [0.1, 0.15) is 11.3 Å². The number of urea groups is 1. The van der Waals surface area contributed by atoms with Crippen LogP contribution in [0.3, 0.4) is 0 Å². The monoisotopic (exact) mass is 294 g/mol. The van der Waals surface area contributed by atoms with Crippen LogP contribution in [0.2, 0.25) is 0 Å². The highest BCUT2D eigenvalue weighted by atomic mass is 32.2. The summed E-state index contributed by atoms with van der Waals surface area (Å²) < 4.78 is 0. The molecular weight excluding hydrogens is 280 g/mol. The van der Waals surface area contributed by atoms with Gasteiger partial charge in [-0.3, -0.25) is 0 Å². The van der Waals surface area contributed by atoms with Crippen molar-refractivity contribution in [3.05, 3.63) is 23.8 Å². The standard InChI is InChI=1S/C13H14N2O4S/c1-2-6-20-7-5-14-13(19)15-9-3-4-11(16)10(8-9)12(17)18/h1,3-4,8,16H,5-7H2,(H,17,18)(H2,14,15,19). The van der Waals surface area contributed by atoms with Crippen LogP contribution < -0.4 is 10.6 Å². The Morgan fingerprint density at radius 3 is 2.80 bits per heavy atom. The van der Waals surface area contributed by atoms with E-state index in [1.807, 2.05) is 0 Å². The summed E-state index contributed by atoms with van der Waals surface area (Å²) in [5, 5.41) is 23.3. The number of carbonyl (C=O) groups is 2. The van der Waals surface area contributed by atoms with Crippen molar-refractivity contribution in [2.45, 2.75) is 0 Å². The average molecular weight is 294 g/mol. The molecule has 6 nitrogen and oxygen atoms in total. The zero-order chi connectivity index (χ0) is 15.0. The van der Waals surface area contributed by atoms with Crippen LogP contribution >= 0.6 is 11.8 Å². The van der Waals surface area contributed by atoms with Gasteiger partial charge in [0.25, 0.3) is 0 Å². The van der Waals surface area contributed by atoms with E-state index in [0.717, 1.165) is 0 Å². The van der Waals surface area contributed by atoms with Gasteiger partial charge in [0.15, 0.2) is 0 Å². The van der Waals surface area contributed by atoms with Gasteiger partial charge in [-0.05, 0) is 18.2 Å². The van der Waals surface area contributed by atoms with Gasteiger partial charge in [-0.2, -0.15) is 0 Å². The van der Waals surface area contributed by atoms with Gasteiger partial charge in [0.05, 0.1) is 5.75 Å². The molecule has 2 amide bonds. The largest absolute Gasteiger partial charge is 0.507 e. The van der Waals surface area contributed by atoms with Gasteiger partial charge < -0.3 is 20.8 Å². The number of hydrogen-bond donors (Lipinski definition) is 4. The molecule has 1 rings (SSSR count). The molecule has 0 radical (unpaired) electrons. The molecule has 0 bridgehead atoms. The van der Waals surface area contributed by atoms with Crippen molar-refractivity contribution < 1.29 is 19.8 Å². The summed E-state index contributed by atoms with van der Waals surface area (Å²) >= 11 is 1.52. The first kappa shape index (κ1) is 15.7. The Morgan fingerprint density at radius 1 is 1.40 bits per heavy atom. The molecular formula is C13H14N2O4S. The number of carbonyl (C=O) groups excluding carboxylic acids is 1. The third kappa shape index (κ3) is 5.12. The van der Waals surface area contributed by atoms with Crippen LogP contribution in [0, 0.1) is 12.3 Å². The summed E-state index contributed by atoms with van der Waals surface area (Å²) in [5.41, 5.74) is 0.0151. The molecule has 0 unspecified atom stereocenters. The fourth-order valence-corrected chi connectivity index (χ4v) is 1.84. The maximum Gasteiger partial charge on any atom is 0.339 e. The zero-order valence-electron chi connectivity index (χ0n) is 10.5. The lowest BCUT2D eigenvalue weighted by molar-refractivity contribution is 0.0693. The van der Waals surface area contributed by atoms with Crippen molar-refractivity contribution in [1.29, 1.82) is 0 Å². The number of aromatic hydroxyl groups is 1. The molecule has 20 heavy (non-hydrogen) atoms. The molecule has 0 heterocycles.